The topological polar surface area (TPSA) is 53.1 Å². The minimum absolute atomic E-state index is 0.477. The zero-order chi connectivity index (χ0) is 12.1. The summed E-state index contributed by atoms with van der Waals surface area (Å²) in [6.07, 6.45) is 4.51. The first-order valence-electron chi connectivity index (χ1n) is 5.68. The molecule has 1 aromatic carbocycles. The average molecular weight is 231 g/mol. The minimum atomic E-state index is 0.477. The molecular weight excluding hydrogens is 214 g/mol. The lowest BCUT2D eigenvalue weighted by Gasteiger charge is -2.10. The summed E-state index contributed by atoms with van der Waals surface area (Å²) in [7, 11) is 1.96. The van der Waals surface area contributed by atoms with Crippen LogP contribution in [0.25, 0.3) is 0 Å². The zero-order valence-corrected chi connectivity index (χ0v) is 9.97. The molecule has 0 saturated carbocycles. The van der Waals surface area contributed by atoms with Crippen LogP contribution in [0.1, 0.15) is 11.4 Å². The van der Waals surface area contributed by atoms with E-state index in [-0.39, 0.29) is 0 Å². The summed E-state index contributed by atoms with van der Waals surface area (Å²) in [5.74, 6) is 1.80. The molecule has 2 rings (SSSR count). The van der Waals surface area contributed by atoms with Gasteiger partial charge in [-0.15, -0.1) is 0 Å². The Labute approximate surface area is 101 Å². The number of hydrogen-bond donors (Lipinski definition) is 1. The van der Waals surface area contributed by atoms with Crippen LogP contribution in [0.5, 0.6) is 5.75 Å². The molecule has 17 heavy (non-hydrogen) atoms. The van der Waals surface area contributed by atoms with Gasteiger partial charge in [0.05, 0.1) is 0 Å². The molecule has 0 unspecified atom stereocenters. The van der Waals surface area contributed by atoms with Crippen molar-refractivity contribution in [1.29, 1.82) is 0 Å². The van der Waals surface area contributed by atoms with Crippen molar-refractivity contribution < 1.29 is 4.74 Å². The van der Waals surface area contributed by atoms with Gasteiger partial charge in [-0.25, -0.2) is 4.98 Å². The van der Waals surface area contributed by atoms with Gasteiger partial charge in [0.15, 0.2) is 0 Å². The van der Waals surface area contributed by atoms with Crippen LogP contribution in [0.3, 0.4) is 0 Å². The number of aryl methyl sites for hydroxylation is 1. The van der Waals surface area contributed by atoms with E-state index in [4.69, 9.17) is 10.5 Å². The molecule has 0 fully saturated rings. The summed E-state index contributed by atoms with van der Waals surface area (Å²) in [4.78, 5) is 4.22. The smallest absolute Gasteiger partial charge is 0.146 e. The number of rotatable bonds is 5. The van der Waals surface area contributed by atoms with E-state index in [0.717, 1.165) is 23.6 Å². The molecule has 0 aliphatic carbocycles. The molecule has 0 radical (unpaired) electrons. The van der Waals surface area contributed by atoms with E-state index in [2.05, 4.69) is 4.98 Å². The molecule has 4 heteroatoms. The van der Waals surface area contributed by atoms with Crippen molar-refractivity contribution in [3.8, 4) is 5.75 Å². The average Bonchev–Trinajstić information content (AvgIpc) is 2.74. The lowest BCUT2D eigenvalue weighted by molar-refractivity contribution is 0.289. The van der Waals surface area contributed by atoms with Crippen LogP contribution in [-0.4, -0.2) is 16.1 Å². The summed E-state index contributed by atoms with van der Waals surface area (Å²) in [6.45, 7) is 1.11. The van der Waals surface area contributed by atoms with Gasteiger partial charge in [0, 0.05) is 19.4 Å². The second kappa shape index (κ2) is 5.50. The fourth-order valence-corrected chi connectivity index (χ4v) is 1.68. The summed E-state index contributed by atoms with van der Waals surface area (Å²) < 4.78 is 7.73. The number of ether oxygens (including phenoxy) is 1. The summed E-state index contributed by atoms with van der Waals surface area (Å²) >= 11 is 0. The van der Waals surface area contributed by atoms with Crippen LogP contribution < -0.4 is 10.5 Å². The van der Waals surface area contributed by atoms with Gasteiger partial charge >= 0.3 is 0 Å². The predicted octanol–water partition coefficient (Wildman–Crippen LogP) is 1.50. The zero-order valence-electron chi connectivity index (χ0n) is 9.97. The van der Waals surface area contributed by atoms with E-state index in [1.165, 1.54) is 0 Å². The molecule has 0 bridgehead atoms. The molecule has 4 nitrogen and oxygen atoms in total. The lowest BCUT2D eigenvalue weighted by atomic mass is 10.1. The number of para-hydroxylation sites is 1. The van der Waals surface area contributed by atoms with E-state index in [9.17, 15) is 0 Å². The van der Waals surface area contributed by atoms with Crippen LogP contribution in [0.4, 0.5) is 0 Å². The Kier molecular flexibility index (Phi) is 3.77. The number of hydrogen-bond acceptors (Lipinski definition) is 3. The minimum Gasteiger partial charge on any atom is -0.485 e. The summed E-state index contributed by atoms with van der Waals surface area (Å²) in [6, 6.07) is 7.97. The first-order chi connectivity index (χ1) is 8.31. The lowest BCUT2D eigenvalue weighted by Crippen LogP contribution is -2.07. The monoisotopic (exact) mass is 231 g/mol. The fraction of sp³-hybridized carbons (Fsp3) is 0.308. The van der Waals surface area contributed by atoms with Gasteiger partial charge in [0.2, 0.25) is 0 Å². The Hall–Kier alpha value is -1.81. The van der Waals surface area contributed by atoms with Crippen molar-refractivity contribution >= 4 is 0 Å². The molecule has 0 spiro atoms. The number of benzene rings is 1. The first-order valence-corrected chi connectivity index (χ1v) is 5.68. The van der Waals surface area contributed by atoms with Gasteiger partial charge in [0.1, 0.15) is 18.2 Å². The fourth-order valence-electron chi connectivity index (χ4n) is 1.68. The molecule has 2 N–H and O–H groups in total. The summed E-state index contributed by atoms with van der Waals surface area (Å²) in [5, 5.41) is 0. The Morgan fingerprint density at radius 1 is 1.35 bits per heavy atom. The van der Waals surface area contributed by atoms with Crippen LogP contribution >= 0.6 is 0 Å². The highest BCUT2D eigenvalue weighted by atomic mass is 16.5. The quantitative estimate of drug-likeness (QED) is 0.848. The van der Waals surface area contributed by atoms with Gasteiger partial charge in [-0.05, 0) is 24.6 Å². The van der Waals surface area contributed by atoms with Crippen LogP contribution in [0.15, 0.2) is 36.7 Å². The number of nitrogens with two attached hydrogens (primary N) is 1. The Bertz CT molecular complexity index is 479. The van der Waals surface area contributed by atoms with E-state index in [0.29, 0.717) is 13.2 Å². The molecule has 0 amide bonds. The van der Waals surface area contributed by atoms with Gasteiger partial charge in [-0.1, -0.05) is 18.2 Å². The van der Waals surface area contributed by atoms with Crippen molar-refractivity contribution in [1.82, 2.24) is 9.55 Å². The third-order valence-electron chi connectivity index (χ3n) is 2.66. The first kappa shape index (κ1) is 11.7. The predicted molar refractivity (Wildman–Crippen MR) is 66.7 cm³/mol. The molecule has 0 saturated heterocycles. The van der Waals surface area contributed by atoms with E-state index in [1.807, 2.05) is 42.1 Å². The second-order valence-corrected chi connectivity index (χ2v) is 3.89. The third-order valence-corrected chi connectivity index (χ3v) is 2.66. The van der Waals surface area contributed by atoms with E-state index >= 15 is 0 Å². The molecule has 1 heterocycles. The number of imidazole rings is 1. The van der Waals surface area contributed by atoms with Crippen LogP contribution in [-0.2, 0) is 20.1 Å². The highest BCUT2D eigenvalue weighted by Gasteiger charge is 2.04. The highest BCUT2D eigenvalue weighted by Crippen LogP contribution is 2.19. The van der Waals surface area contributed by atoms with E-state index in [1.54, 1.807) is 6.20 Å². The maximum absolute atomic E-state index is 5.78. The molecule has 90 valence electrons. The molecule has 1 aromatic heterocycles. The molecule has 2 aromatic rings. The largest absolute Gasteiger partial charge is 0.485 e. The van der Waals surface area contributed by atoms with Crippen molar-refractivity contribution in [2.24, 2.45) is 12.8 Å². The van der Waals surface area contributed by atoms with Gasteiger partial charge < -0.3 is 15.0 Å². The van der Waals surface area contributed by atoms with Crippen molar-refractivity contribution in [2.75, 3.05) is 6.54 Å². The van der Waals surface area contributed by atoms with Crippen LogP contribution in [0.2, 0.25) is 0 Å². The normalized spacial score (nSPS) is 10.5. The number of aromatic nitrogens is 2. The Balaban J connectivity index is 2.06. The van der Waals surface area contributed by atoms with Gasteiger partial charge in [-0.2, -0.15) is 0 Å². The van der Waals surface area contributed by atoms with E-state index < -0.39 is 0 Å². The molecule has 0 aliphatic heterocycles. The number of nitrogens with zero attached hydrogens (tertiary/aromatic N) is 2. The van der Waals surface area contributed by atoms with Crippen LogP contribution in [0, 0.1) is 0 Å². The van der Waals surface area contributed by atoms with Gasteiger partial charge in [-0.3, -0.25) is 0 Å². The van der Waals surface area contributed by atoms with Crippen molar-refractivity contribution in [3.63, 3.8) is 0 Å². The second-order valence-electron chi connectivity index (χ2n) is 3.89. The van der Waals surface area contributed by atoms with Crippen molar-refractivity contribution in [2.45, 2.75) is 13.0 Å². The summed E-state index contributed by atoms with van der Waals surface area (Å²) in [5.41, 5.74) is 6.72. The standard InChI is InChI=1S/C13H17N3O/c1-16-9-8-15-13(16)10-17-12-5-3-2-4-11(12)6-7-14/h2-5,8-9H,6-7,10,14H2,1H3. The Morgan fingerprint density at radius 2 is 2.18 bits per heavy atom. The third kappa shape index (κ3) is 2.85. The molecule has 0 aliphatic rings. The highest BCUT2D eigenvalue weighted by molar-refractivity contribution is 5.33. The molecule has 0 atom stereocenters. The SMILES string of the molecule is Cn1ccnc1COc1ccccc1CCN. The maximum atomic E-state index is 5.78. The van der Waals surface area contributed by atoms with Gasteiger partial charge in [0.25, 0.3) is 0 Å². The Morgan fingerprint density at radius 3 is 2.88 bits per heavy atom. The maximum Gasteiger partial charge on any atom is 0.146 e. The van der Waals surface area contributed by atoms with Crippen molar-refractivity contribution in [3.05, 3.63) is 48.0 Å². The molecular formula is C13H17N3O.